The van der Waals surface area contributed by atoms with Gasteiger partial charge in [0.1, 0.15) is 5.82 Å². The number of aliphatic carboxylic acids is 1. The van der Waals surface area contributed by atoms with Gasteiger partial charge in [-0.1, -0.05) is 18.2 Å². The van der Waals surface area contributed by atoms with Crippen molar-refractivity contribution in [3.8, 4) is 0 Å². The molecule has 0 aliphatic heterocycles. The maximum Gasteiger partial charge on any atom is 0.317 e. The Morgan fingerprint density at radius 3 is 2.76 bits per heavy atom. The fourth-order valence-electron chi connectivity index (χ4n) is 1.49. The average molecular weight is 241 g/mol. The van der Waals surface area contributed by atoms with Crippen molar-refractivity contribution in [1.29, 1.82) is 0 Å². The third-order valence-electron chi connectivity index (χ3n) is 2.32. The van der Waals surface area contributed by atoms with Crippen molar-refractivity contribution < 1.29 is 19.0 Å². The minimum Gasteiger partial charge on any atom is -0.480 e. The van der Waals surface area contributed by atoms with Crippen LogP contribution in [0.5, 0.6) is 0 Å². The molecule has 0 aromatic heterocycles. The van der Waals surface area contributed by atoms with Crippen LogP contribution < -0.4 is 0 Å². The van der Waals surface area contributed by atoms with E-state index in [0.29, 0.717) is 18.7 Å². The van der Waals surface area contributed by atoms with Crippen LogP contribution in [0.4, 0.5) is 4.39 Å². The number of rotatable bonds is 7. The van der Waals surface area contributed by atoms with Crippen LogP contribution in [0.15, 0.2) is 24.3 Å². The summed E-state index contributed by atoms with van der Waals surface area (Å²) < 4.78 is 18.3. The third kappa shape index (κ3) is 4.93. The van der Waals surface area contributed by atoms with Crippen molar-refractivity contribution in [2.24, 2.45) is 0 Å². The lowest BCUT2D eigenvalue weighted by Gasteiger charge is -2.20. The summed E-state index contributed by atoms with van der Waals surface area (Å²) in [5.74, 6) is -1.25. The standard InChI is InChI=1S/C12H16FNO3/c1-17-7-6-14(9-12(15)16)8-10-4-2-3-5-11(10)13/h2-5H,6-9H2,1H3,(H,15,16). The fraction of sp³-hybridized carbons (Fsp3) is 0.417. The number of methoxy groups -OCH3 is 1. The van der Waals surface area contributed by atoms with Gasteiger partial charge >= 0.3 is 5.97 Å². The summed E-state index contributed by atoms with van der Waals surface area (Å²) in [6.07, 6.45) is 0. The lowest BCUT2D eigenvalue weighted by Crippen LogP contribution is -2.32. The van der Waals surface area contributed by atoms with Crippen molar-refractivity contribution in [1.82, 2.24) is 4.90 Å². The molecular formula is C12H16FNO3. The number of halogens is 1. The largest absolute Gasteiger partial charge is 0.480 e. The zero-order valence-electron chi connectivity index (χ0n) is 9.73. The van der Waals surface area contributed by atoms with Gasteiger partial charge in [-0.15, -0.1) is 0 Å². The highest BCUT2D eigenvalue weighted by Gasteiger charge is 2.12. The first-order valence-electron chi connectivity index (χ1n) is 5.30. The first kappa shape index (κ1) is 13.6. The lowest BCUT2D eigenvalue weighted by molar-refractivity contribution is -0.138. The molecule has 0 saturated heterocycles. The molecule has 94 valence electrons. The smallest absolute Gasteiger partial charge is 0.317 e. The highest BCUT2D eigenvalue weighted by atomic mass is 19.1. The molecule has 1 rings (SSSR count). The van der Waals surface area contributed by atoms with E-state index in [1.165, 1.54) is 6.07 Å². The van der Waals surface area contributed by atoms with E-state index >= 15 is 0 Å². The Bertz CT molecular complexity index is 371. The van der Waals surface area contributed by atoms with E-state index in [-0.39, 0.29) is 18.9 Å². The molecule has 4 nitrogen and oxygen atoms in total. The normalized spacial score (nSPS) is 10.8. The molecule has 1 aromatic carbocycles. The molecule has 1 N–H and O–H groups in total. The summed E-state index contributed by atoms with van der Waals surface area (Å²) in [4.78, 5) is 12.3. The van der Waals surface area contributed by atoms with Gasteiger partial charge in [0.15, 0.2) is 0 Å². The van der Waals surface area contributed by atoms with Crippen LogP contribution in [0.25, 0.3) is 0 Å². The van der Waals surface area contributed by atoms with Crippen molar-refractivity contribution >= 4 is 5.97 Å². The van der Waals surface area contributed by atoms with Crippen LogP contribution in [-0.2, 0) is 16.1 Å². The predicted octanol–water partition coefficient (Wildman–Crippen LogP) is 1.36. The molecule has 0 radical (unpaired) electrons. The van der Waals surface area contributed by atoms with E-state index in [1.54, 1.807) is 30.2 Å². The maximum absolute atomic E-state index is 13.4. The first-order chi connectivity index (χ1) is 8.13. The number of hydrogen-bond acceptors (Lipinski definition) is 3. The molecule has 0 aliphatic carbocycles. The molecule has 0 fully saturated rings. The second kappa shape index (κ2) is 6.98. The third-order valence-corrected chi connectivity index (χ3v) is 2.32. The Balaban J connectivity index is 2.64. The molecule has 0 bridgehead atoms. The fourth-order valence-corrected chi connectivity index (χ4v) is 1.49. The Labute approximate surface area is 99.6 Å². The van der Waals surface area contributed by atoms with Gasteiger partial charge in [0.05, 0.1) is 13.2 Å². The van der Waals surface area contributed by atoms with Crippen LogP contribution in [0.3, 0.4) is 0 Å². The number of hydrogen-bond donors (Lipinski definition) is 1. The topological polar surface area (TPSA) is 49.8 Å². The zero-order chi connectivity index (χ0) is 12.7. The minimum atomic E-state index is -0.933. The predicted molar refractivity (Wildman–Crippen MR) is 61.2 cm³/mol. The second-order valence-corrected chi connectivity index (χ2v) is 3.69. The molecular weight excluding hydrogens is 225 g/mol. The van der Waals surface area contributed by atoms with E-state index in [0.717, 1.165) is 0 Å². The monoisotopic (exact) mass is 241 g/mol. The minimum absolute atomic E-state index is 0.127. The Morgan fingerprint density at radius 1 is 1.47 bits per heavy atom. The van der Waals surface area contributed by atoms with Gasteiger partial charge in [-0.3, -0.25) is 9.69 Å². The molecule has 0 spiro atoms. The average Bonchev–Trinajstić information content (AvgIpc) is 2.28. The van der Waals surface area contributed by atoms with E-state index in [9.17, 15) is 9.18 Å². The van der Waals surface area contributed by atoms with Crippen LogP contribution in [-0.4, -0.2) is 42.8 Å². The maximum atomic E-state index is 13.4. The van der Waals surface area contributed by atoms with Gasteiger partial charge in [0.25, 0.3) is 0 Å². The summed E-state index contributed by atoms with van der Waals surface area (Å²) in [5, 5.41) is 8.75. The van der Waals surface area contributed by atoms with Gasteiger partial charge in [0, 0.05) is 25.8 Å². The first-order valence-corrected chi connectivity index (χ1v) is 5.30. The second-order valence-electron chi connectivity index (χ2n) is 3.69. The summed E-state index contributed by atoms with van der Waals surface area (Å²) in [6, 6.07) is 6.35. The van der Waals surface area contributed by atoms with Gasteiger partial charge in [0.2, 0.25) is 0 Å². The number of carboxylic acid groups (broad SMARTS) is 1. The van der Waals surface area contributed by atoms with E-state index in [1.807, 2.05) is 0 Å². The van der Waals surface area contributed by atoms with Crippen molar-refractivity contribution in [2.45, 2.75) is 6.54 Å². The number of carbonyl (C=O) groups is 1. The zero-order valence-corrected chi connectivity index (χ0v) is 9.73. The van der Waals surface area contributed by atoms with Crippen LogP contribution in [0, 0.1) is 5.82 Å². The number of nitrogens with zero attached hydrogens (tertiary/aromatic N) is 1. The Morgan fingerprint density at radius 2 is 2.18 bits per heavy atom. The number of ether oxygens (including phenoxy) is 1. The van der Waals surface area contributed by atoms with Crippen molar-refractivity contribution in [3.05, 3.63) is 35.6 Å². The van der Waals surface area contributed by atoms with Crippen molar-refractivity contribution in [2.75, 3.05) is 26.8 Å². The Kier molecular flexibility index (Phi) is 5.59. The molecule has 0 saturated carbocycles. The summed E-state index contributed by atoms with van der Waals surface area (Å²) >= 11 is 0. The highest BCUT2D eigenvalue weighted by molar-refractivity contribution is 5.69. The van der Waals surface area contributed by atoms with Crippen LogP contribution >= 0.6 is 0 Å². The number of benzene rings is 1. The summed E-state index contributed by atoms with van der Waals surface area (Å²) in [7, 11) is 1.54. The van der Waals surface area contributed by atoms with Gasteiger partial charge in [-0.2, -0.15) is 0 Å². The quantitative estimate of drug-likeness (QED) is 0.783. The SMILES string of the molecule is COCCN(CC(=O)O)Cc1ccccc1F. The molecule has 0 amide bonds. The van der Waals surface area contributed by atoms with Crippen LogP contribution in [0.2, 0.25) is 0 Å². The number of carboxylic acids is 1. The summed E-state index contributed by atoms with van der Waals surface area (Å²) in [5.41, 5.74) is 0.491. The van der Waals surface area contributed by atoms with Crippen LogP contribution in [0.1, 0.15) is 5.56 Å². The molecule has 0 heterocycles. The summed E-state index contributed by atoms with van der Waals surface area (Å²) in [6.45, 7) is 1.01. The van der Waals surface area contributed by atoms with Gasteiger partial charge in [-0.25, -0.2) is 4.39 Å². The van der Waals surface area contributed by atoms with E-state index in [4.69, 9.17) is 9.84 Å². The molecule has 0 aliphatic rings. The highest BCUT2D eigenvalue weighted by Crippen LogP contribution is 2.09. The van der Waals surface area contributed by atoms with E-state index < -0.39 is 5.97 Å². The Hall–Kier alpha value is -1.46. The van der Waals surface area contributed by atoms with E-state index in [2.05, 4.69) is 0 Å². The molecule has 0 unspecified atom stereocenters. The van der Waals surface area contributed by atoms with Gasteiger partial charge < -0.3 is 9.84 Å². The molecule has 0 atom stereocenters. The lowest BCUT2D eigenvalue weighted by atomic mass is 10.2. The van der Waals surface area contributed by atoms with Crippen molar-refractivity contribution in [3.63, 3.8) is 0 Å². The molecule has 17 heavy (non-hydrogen) atoms. The van der Waals surface area contributed by atoms with Gasteiger partial charge in [-0.05, 0) is 6.07 Å². The molecule has 1 aromatic rings. The molecule has 5 heteroatoms.